The zero-order valence-corrected chi connectivity index (χ0v) is 14.6. The fourth-order valence-electron chi connectivity index (χ4n) is 1.73. The summed E-state index contributed by atoms with van der Waals surface area (Å²) in [6, 6.07) is 14.8. The Bertz CT molecular complexity index is 586. The zero-order chi connectivity index (χ0) is 14.5. The maximum absolute atomic E-state index is 6.25. The zero-order valence-electron chi connectivity index (χ0n) is 11.5. The normalized spacial score (nSPS) is 11.1. The van der Waals surface area contributed by atoms with Crippen LogP contribution in [-0.4, -0.2) is 6.04 Å². The highest BCUT2D eigenvalue weighted by Crippen LogP contribution is 2.36. The van der Waals surface area contributed by atoms with Crippen molar-refractivity contribution in [1.29, 1.82) is 0 Å². The molecule has 0 fully saturated rings. The van der Waals surface area contributed by atoms with Crippen molar-refractivity contribution in [3.63, 3.8) is 0 Å². The molecule has 2 rings (SSSR count). The molecular weight excluding hydrogens is 354 g/mol. The smallest absolute Gasteiger partial charge is 0.0545 e. The lowest BCUT2D eigenvalue weighted by Gasteiger charge is -2.13. The Balaban J connectivity index is 2.25. The lowest BCUT2D eigenvalue weighted by atomic mass is 10.2. The first kappa shape index (κ1) is 15.9. The van der Waals surface area contributed by atoms with Gasteiger partial charge in [0.25, 0.3) is 0 Å². The number of hydrogen-bond acceptors (Lipinski definition) is 2. The van der Waals surface area contributed by atoms with Gasteiger partial charge >= 0.3 is 0 Å². The molecule has 0 aromatic heterocycles. The highest BCUT2D eigenvalue weighted by molar-refractivity contribution is 9.10. The van der Waals surface area contributed by atoms with Crippen LogP contribution in [0.4, 0.5) is 0 Å². The molecule has 0 saturated carbocycles. The van der Waals surface area contributed by atoms with Crippen LogP contribution in [0.3, 0.4) is 0 Å². The molecule has 0 aliphatic carbocycles. The first-order valence-corrected chi connectivity index (χ1v) is 8.49. The second-order valence-corrected chi connectivity index (χ2v) is 7.23. The standard InChI is InChI=1S/C16H17BrClNS/c1-11(2)19-10-12-7-8-13(17)9-16(12)20-15-6-4-3-5-14(15)18/h3-9,11,19H,10H2,1-2H3. The maximum atomic E-state index is 6.25. The largest absolute Gasteiger partial charge is 0.310 e. The molecule has 0 amide bonds. The van der Waals surface area contributed by atoms with Gasteiger partial charge in [-0.25, -0.2) is 0 Å². The van der Waals surface area contributed by atoms with Crippen LogP contribution in [0.15, 0.2) is 56.7 Å². The van der Waals surface area contributed by atoms with E-state index in [-0.39, 0.29) is 0 Å². The van der Waals surface area contributed by atoms with Crippen molar-refractivity contribution in [2.45, 2.75) is 36.2 Å². The lowest BCUT2D eigenvalue weighted by Crippen LogP contribution is -2.22. The first-order chi connectivity index (χ1) is 9.56. The molecular formula is C16H17BrClNS. The van der Waals surface area contributed by atoms with E-state index < -0.39 is 0 Å². The van der Waals surface area contributed by atoms with E-state index in [1.165, 1.54) is 10.5 Å². The minimum atomic E-state index is 0.469. The molecule has 106 valence electrons. The van der Waals surface area contributed by atoms with Crippen LogP contribution < -0.4 is 5.32 Å². The molecule has 0 spiro atoms. The second kappa shape index (κ2) is 7.51. The van der Waals surface area contributed by atoms with Gasteiger partial charge in [0.05, 0.1) is 5.02 Å². The molecule has 0 heterocycles. The molecule has 0 bridgehead atoms. The summed E-state index contributed by atoms with van der Waals surface area (Å²) in [5.74, 6) is 0. The van der Waals surface area contributed by atoms with Crippen molar-refractivity contribution in [3.8, 4) is 0 Å². The Morgan fingerprint density at radius 3 is 2.60 bits per heavy atom. The van der Waals surface area contributed by atoms with Gasteiger partial charge in [0, 0.05) is 26.9 Å². The van der Waals surface area contributed by atoms with E-state index >= 15 is 0 Å². The molecule has 0 unspecified atom stereocenters. The van der Waals surface area contributed by atoms with Crippen molar-refractivity contribution < 1.29 is 0 Å². The van der Waals surface area contributed by atoms with E-state index in [0.29, 0.717) is 6.04 Å². The molecule has 2 aromatic carbocycles. The predicted molar refractivity (Wildman–Crippen MR) is 91.7 cm³/mol. The van der Waals surface area contributed by atoms with Gasteiger partial charge in [-0.05, 0) is 29.8 Å². The molecule has 20 heavy (non-hydrogen) atoms. The molecule has 1 nitrogen and oxygen atoms in total. The summed E-state index contributed by atoms with van der Waals surface area (Å²) in [4.78, 5) is 2.30. The van der Waals surface area contributed by atoms with Gasteiger partial charge in [-0.1, -0.05) is 71.3 Å². The summed E-state index contributed by atoms with van der Waals surface area (Å²) in [5.41, 5.74) is 1.28. The Morgan fingerprint density at radius 2 is 1.90 bits per heavy atom. The van der Waals surface area contributed by atoms with Gasteiger partial charge in [-0.15, -0.1) is 0 Å². The summed E-state index contributed by atoms with van der Waals surface area (Å²) in [7, 11) is 0. The van der Waals surface area contributed by atoms with Gasteiger partial charge < -0.3 is 5.32 Å². The van der Waals surface area contributed by atoms with Crippen LogP contribution in [-0.2, 0) is 6.54 Å². The average molecular weight is 371 g/mol. The van der Waals surface area contributed by atoms with E-state index in [1.54, 1.807) is 11.8 Å². The van der Waals surface area contributed by atoms with Crippen molar-refractivity contribution in [2.24, 2.45) is 0 Å². The van der Waals surface area contributed by atoms with Crippen LogP contribution in [0.5, 0.6) is 0 Å². The molecule has 0 aliphatic rings. The summed E-state index contributed by atoms with van der Waals surface area (Å²) in [6.45, 7) is 5.16. The first-order valence-electron chi connectivity index (χ1n) is 6.50. The molecule has 4 heteroatoms. The number of hydrogen-bond donors (Lipinski definition) is 1. The fraction of sp³-hybridized carbons (Fsp3) is 0.250. The summed E-state index contributed by atoms with van der Waals surface area (Å²) in [6.07, 6.45) is 0. The molecule has 0 saturated heterocycles. The van der Waals surface area contributed by atoms with Gasteiger partial charge in [-0.2, -0.15) is 0 Å². The van der Waals surface area contributed by atoms with Crippen LogP contribution in [0.1, 0.15) is 19.4 Å². The van der Waals surface area contributed by atoms with Crippen molar-refractivity contribution >= 4 is 39.3 Å². The lowest BCUT2D eigenvalue weighted by molar-refractivity contribution is 0.584. The topological polar surface area (TPSA) is 12.0 Å². The predicted octanol–water partition coefficient (Wildman–Crippen LogP) is 5.75. The minimum absolute atomic E-state index is 0.469. The van der Waals surface area contributed by atoms with Crippen molar-refractivity contribution in [3.05, 3.63) is 57.5 Å². The Hall–Kier alpha value is -0.480. The SMILES string of the molecule is CC(C)NCc1ccc(Br)cc1Sc1ccccc1Cl. The average Bonchev–Trinajstić information content (AvgIpc) is 2.40. The van der Waals surface area contributed by atoms with Crippen LogP contribution >= 0.6 is 39.3 Å². The highest BCUT2D eigenvalue weighted by Gasteiger charge is 2.08. The number of nitrogens with one attached hydrogen (secondary N) is 1. The molecule has 2 aromatic rings. The fourth-order valence-corrected chi connectivity index (χ4v) is 3.50. The van der Waals surface area contributed by atoms with Crippen molar-refractivity contribution in [2.75, 3.05) is 0 Å². The molecule has 0 radical (unpaired) electrons. The summed E-state index contributed by atoms with van der Waals surface area (Å²) < 4.78 is 1.08. The number of benzene rings is 2. The van der Waals surface area contributed by atoms with E-state index in [2.05, 4.69) is 53.3 Å². The monoisotopic (exact) mass is 369 g/mol. The van der Waals surface area contributed by atoms with E-state index in [9.17, 15) is 0 Å². The van der Waals surface area contributed by atoms with Crippen LogP contribution in [0.25, 0.3) is 0 Å². The number of rotatable bonds is 5. The quantitative estimate of drug-likeness (QED) is 0.719. The second-order valence-electron chi connectivity index (χ2n) is 4.82. The van der Waals surface area contributed by atoms with Crippen LogP contribution in [0.2, 0.25) is 5.02 Å². The van der Waals surface area contributed by atoms with Gasteiger partial charge in [0.2, 0.25) is 0 Å². The molecule has 0 aliphatic heterocycles. The number of halogens is 2. The van der Waals surface area contributed by atoms with Gasteiger partial charge in [0.15, 0.2) is 0 Å². The van der Waals surface area contributed by atoms with Gasteiger partial charge in [-0.3, -0.25) is 0 Å². The summed E-state index contributed by atoms with van der Waals surface area (Å²) >= 11 is 11.5. The Labute approximate surface area is 138 Å². The highest BCUT2D eigenvalue weighted by atomic mass is 79.9. The summed E-state index contributed by atoms with van der Waals surface area (Å²) in [5, 5.41) is 4.25. The third-order valence-electron chi connectivity index (χ3n) is 2.79. The van der Waals surface area contributed by atoms with Crippen LogP contribution in [0, 0.1) is 0 Å². The van der Waals surface area contributed by atoms with Gasteiger partial charge in [0.1, 0.15) is 0 Å². The minimum Gasteiger partial charge on any atom is -0.310 e. The van der Waals surface area contributed by atoms with E-state index in [4.69, 9.17) is 11.6 Å². The maximum Gasteiger partial charge on any atom is 0.0545 e. The third kappa shape index (κ3) is 4.52. The Morgan fingerprint density at radius 1 is 1.15 bits per heavy atom. The third-order valence-corrected chi connectivity index (χ3v) is 4.90. The van der Waals surface area contributed by atoms with Crippen molar-refractivity contribution in [1.82, 2.24) is 5.32 Å². The molecule has 1 N–H and O–H groups in total. The Kier molecular flexibility index (Phi) is 5.97. The van der Waals surface area contributed by atoms with E-state index in [0.717, 1.165) is 20.9 Å². The van der Waals surface area contributed by atoms with E-state index in [1.807, 2.05) is 24.3 Å². The molecule has 0 atom stereocenters.